The third kappa shape index (κ3) is 5.06. The molecule has 0 unspecified atom stereocenters. The average molecular weight is 491 g/mol. The number of hydrogen-bond acceptors (Lipinski definition) is 6. The summed E-state index contributed by atoms with van der Waals surface area (Å²) in [6.07, 6.45) is 5.67. The molecule has 3 heterocycles. The van der Waals surface area contributed by atoms with Gasteiger partial charge in [-0.15, -0.1) is 0 Å². The van der Waals surface area contributed by atoms with E-state index in [1.807, 2.05) is 4.90 Å². The second-order valence-electron chi connectivity index (χ2n) is 9.43. The summed E-state index contributed by atoms with van der Waals surface area (Å²) in [6, 6.07) is 14.3. The molecule has 2 aromatic carbocycles. The Morgan fingerprint density at radius 2 is 1.67 bits per heavy atom. The van der Waals surface area contributed by atoms with Crippen LogP contribution in [0.15, 0.2) is 54.7 Å². The van der Waals surface area contributed by atoms with Crippen LogP contribution in [-0.2, 0) is 7.05 Å². The summed E-state index contributed by atoms with van der Waals surface area (Å²) < 4.78 is 13.4. The Hall–Kier alpha value is -3.85. The number of carbonyl (C=O) groups is 2. The molecule has 2 saturated heterocycles. The van der Waals surface area contributed by atoms with Gasteiger partial charge >= 0.3 is 0 Å². The van der Waals surface area contributed by atoms with Crippen molar-refractivity contribution in [1.82, 2.24) is 14.7 Å². The molecular formula is C27H30N4O5. The molecule has 9 nitrogen and oxygen atoms in total. The number of carbonyl (C=O) groups excluding carboxylic acids is 2. The minimum Gasteiger partial charge on any atom is -0.488 e. The maximum Gasteiger partial charge on any atom is 0.257 e. The predicted octanol–water partition coefficient (Wildman–Crippen LogP) is 3.99. The van der Waals surface area contributed by atoms with Crippen molar-refractivity contribution in [2.24, 2.45) is 7.05 Å². The van der Waals surface area contributed by atoms with Gasteiger partial charge < -0.3 is 24.8 Å². The first kappa shape index (κ1) is 23.9. The van der Waals surface area contributed by atoms with E-state index in [1.54, 1.807) is 73.4 Å². The van der Waals surface area contributed by atoms with Crippen LogP contribution in [0.3, 0.4) is 0 Å². The van der Waals surface area contributed by atoms with E-state index in [1.165, 1.54) is 0 Å². The van der Waals surface area contributed by atoms with Crippen LogP contribution in [0.2, 0.25) is 0 Å². The third-order valence-electron chi connectivity index (χ3n) is 6.72. The molecule has 0 radical (unpaired) electrons. The molecule has 2 aliphatic rings. The number of aromatic nitrogens is 2. The Morgan fingerprint density at radius 1 is 1.00 bits per heavy atom. The lowest BCUT2D eigenvalue weighted by Crippen LogP contribution is -2.35. The van der Waals surface area contributed by atoms with Gasteiger partial charge in [-0.1, -0.05) is 0 Å². The lowest BCUT2D eigenvalue weighted by molar-refractivity contribution is 0.0729. The molecule has 5 rings (SSSR count). The van der Waals surface area contributed by atoms with E-state index in [4.69, 9.17) is 9.47 Å². The third-order valence-corrected chi connectivity index (χ3v) is 6.72. The summed E-state index contributed by atoms with van der Waals surface area (Å²) in [4.78, 5) is 27.9. The molecule has 1 aromatic heterocycles. The Balaban J connectivity index is 1.34. The second-order valence-corrected chi connectivity index (χ2v) is 9.43. The highest BCUT2D eigenvalue weighted by atomic mass is 16.5. The summed E-state index contributed by atoms with van der Waals surface area (Å²) in [7, 11) is 1.76. The monoisotopic (exact) mass is 490 g/mol. The van der Waals surface area contributed by atoms with Crippen LogP contribution in [0, 0.1) is 0 Å². The number of ether oxygens (including phenoxy) is 2. The summed E-state index contributed by atoms with van der Waals surface area (Å²) in [6.45, 7) is 1.55. The molecule has 2 fully saturated rings. The fourth-order valence-corrected chi connectivity index (χ4v) is 4.96. The average Bonchev–Trinajstić information content (AvgIpc) is 3.59. The van der Waals surface area contributed by atoms with Crippen LogP contribution < -0.4 is 14.8 Å². The number of amides is 2. The molecule has 2 aliphatic heterocycles. The number of aliphatic hydroxyl groups is 1. The van der Waals surface area contributed by atoms with Gasteiger partial charge in [-0.3, -0.25) is 14.3 Å². The van der Waals surface area contributed by atoms with Gasteiger partial charge in [0.25, 0.3) is 11.8 Å². The van der Waals surface area contributed by atoms with E-state index in [0.29, 0.717) is 46.3 Å². The van der Waals surface area contributed by atoms with E-state index in [9.17, 15) is 14.7 Å². The van der Waals surface area contributed by atoms with Gasteiger partial charge in [-0.25, -0.2) is 0 Å². The van der Waals surface area contributed by atoms with Crippen LogP contribution in [0.4, 0.5) is 5.82 Å². The Labute approximate surface area is 209 Å². The largest absolute Gasteiger partial charge is 0.488 e. The van der Waals surface area contributed by atoms with Gasteiger partial charge in [-0.05, 0) is 69.0 Å². The Bertz CT molecular complexity index is 1240. The molecule has 3 aromatic rings. The molecule has 0 aliphatic carbocycles. The van der Waals surface area contributed by atoms with Crippen molar-refractivity contribution in [3.8, 4) is 17.2 Å². The van der Waals surface area contributed by atoms with Crippen molar-refractivity contribution in [3.05, 3.63) is 65.9 Å². The highest BCUT2D eigenvalue weighted by Gasteiger charge is 2.42. The predicted molar refractivity (Wildman–Crippen MR) is 134 cm³/mol. The first-order valence-electron chi connectivity index (χ1n) is 12.2. The van der Waals surface area contributed by atoms with Gasteiger partial charge in [-0.2, -0.15) is 5.10 Å². The van der Waals surface area contributed by atoms with Crippen LogP contribution in [0.5, 0.6) is 17.2 Å². The van der Waals surface area contributed by atoms with E-state index >= 15 is 0 Å². The molecule has 36 heavy (non-hydrogen) atoms. The van der Waals surface area contributed by atoms with E-state index in [2.05, 4.69) is 10.4 Å². The zero-order valence-electron chi connectivity index (χ0n) is 20.4. The summed E-state index contributed by atoms with van der Waals surface area (Å²) in [5.41, 5.74) is 0.958. The maximum atomic E-state index is 13.0. The Morgan fingerprint density at radius 3 is 2.28 bits per heavy atom. The minimum absolute atomic E-state index is 0.0772. The molecule has 2 bridgehead atoms. The van der Waals surface area contributed by atoms with Gasteiger partial charge in [0, 0.05) is 48.6 Å². The molecule has 2 amide bonds. The van der Waals surface area contributed by atoms with Crippen molar-refractivity contribution in [2.75, 3.05) is 11.9 Å². The van der Waals surface area contributed by atoms with Crippen LogP contribution in [0.25, 0.3) is 0 Å². The zero-order valence-corrected chi connectivity index (χ0v) is 20.4. The van der Waals surface area contributed by atoms with E-state index in [0.717, 1.165) is 25.7 Å². The quantitative estimate of drug-likeness (QED) is 0.495. The normalized spacial score (nSPS) is 19.2. The van der Waals surface area contributed by atoms with Crippen LogP contribution in [0.1, 0.15) is 53.3 Å². The van der Waals surface area contributed by atoms with Crippen molar-refractivity contribution in [2.45, 2.75) is 50.8 Å². The van der Waals surface area contributed by atoms with Gasteiger partial charge in [0.1, 0.15) is 23.4 Å². The standard InChI is InChI=1S/C27H30N4O5/c1-17(16-32)35-23-13-19(26(33)28-25-11-12-30(2)29-25)14-24(15-23)36-22-9-3-18(4-10-22)27(34)31-20-5-6-21(31)8-7-20/h3-4,9-15,17,20-21,32H,5-8,16H2,1-2H3,(H,28,29,33)/t17-,20?,21?/m0/s1. The molecular weight excluding hydrogens is 460 g/mol. The lowest BCUT2D eigenvalue weighted by atomic mass is 10.0. The van der Waals surface area contributed by atoms with Crippen molar-refractivity contribution in [1.29, 1.82) is 0 Å². The smallest absolute Gasteiger partial charge is 0.257 e. The number of hydrogen-bond donors (Lipinski definition) is 2. The molecule has 0 spiro atoms. The Kier molecular flexibility index (Phi) is 6.65. The SMILES string of the molecule is C[C@@H](CO)Oc1cc(Oc2ccc(C(=O)N3C4CCC3CC4)cc2)cc(C(=O)Nc2ccn(C)n2)c1. The number of benzene rings is 2. The summed E-state index contributed by atoms with van der Waals surface area (Å²) in [5.74, 6) is 1.43. The van der Waals surface area contributed by atoms with E-state index in [-0.39, 0.29) is 18.4 Å². The highest BCUT2D eigenvalue weighted by molar-refractivity contribution is 6.04. The number of aryl methyl sites for hydroxylation is 1. The maximum absolute atomic E-state index is 13.0. The highest BCUT2D eigenvalue weighted by Crippen LogP contribution is 2.38. The molecule has 9 heteroatoms. The van der Waals surface area contributed by atoms with Crippen LogP contribution in [-0.4, -0.2) is 56.4 Å². The summed E-state index contributed by atoms with van der Waals surface area (Å²) in [5, 5.41) is 16.3. The molecule has 188 valence electrons. The number of anilines is 1. The molecule has 1 atom stereocenters. The van der Waals surface area contributed by atoms with Gasteiger partial charge in [0.15, 0.2) is 5.82 Å². The topological polar surface area (TPSA) is 106 Å². The first-order chi connectivity index (χ1) is 17.4. The minimum atomic E-state index is -0.460. The van der Waals surface area contributed by atoms with Crippen molar-refractivity contribution >= 4 is 17.6 Å². The number of fused-ring (bicyclic) bond motifs is 2. The number of nitrogens with one attached hydrogen (secondary N) is 1. The zero-order chi connectivity index (χ0) is 25.2. The number of aliphatic hydroxyl groups excluding tert-OH is 1. The second kappa shape index (κ2) is 10.0. The summed E-state index contributed by atoms with van der Waals surface area (Å²) >= 11 is 0. The van der Waals surface area contributed by atoms with E-state index < -0.39 is 6.10 Å². The fraction of sp³-hybridized carbons (Fsp3) is 0.370. The van der Waals surface area contributed by atoms with Crippen LogP contribution >= 0.6 is 0 Å². The lowest BCUT2D eigenvalue weighted by Gasteiger charge is -2.22. The van der Waals surface area contributed by atoms with Gasteiger partial charge in [0.2, 0.25) is 0 Å². The first-order valence-corrected chi connectivity index (χ1v) is 12.2. The van der Waals surface area contributed by atoms with Crippen molar-refractivity contribution in [3.63, 3.8) is 0 Å². The fourth-order valence-electron chi connectivity index (χ4n) is 4.96. The number of rotatable bonds is 8. The molecule has 2 N–H and O–H groups in total. The van der Waals surface area contributed by atoms with Gasteiger partial charge in [0.05, 0.1) is 6.61 Å². The number of nitrogens with zero attached hydrogens (tertiary/aromatic N) is 3. The molecule has 0 saturated carbocycles. The van der Waals surface area contributed by atoms with Crippen molar-refractivity contribution < 1.29 is 24.2 Å².